The average Bonchev–Trinajstić information content (AvgIpc) is 2.77. The van der Waals surface area contributed by atoms with E-state index in [9.17, 15) is 14.9 Å². The Labute approximate surface area is 196 Å². The summed E-state index contributed by atoms with van der Waals surface area (Å²) in [6, 6.07) is 14.2. The predicted molar refractivity (Wildman–Crippen MR) is 122 cm³/mol. The molecule has 3 rings (SSSR count). The number of halogens is 2. The monoisotopic (exact) mass is 470 g/mol. The lowest BCUT2D eigenvalue weighted by molar-refractivity contribution is -0.141. The molecule has 0 aromatic heterocycles. The number of amides is 2. The van der Waals surface area contributed by atoms with E-state index in [2.05, 4.69) is 0 Å². The zero-order valence-corrected chi connectivity index (χ0v) is 19.0. The summed E-state index contributed by atoms with van der Waals surface area (Å²) in [7, 11) is 1.48. The third kappa shape index (κ3) is 5.20. The van der Waals surface area contributed by atoms with Crippen LogP contribution in [0, 0.1) is 11.3 Å². The summed E-state index contributed by atoms with van der Waals surface area (Å²) in [5.74, 6) is -0.440. The number of rotatable bonds is 7. The molecule has 1 heterocycles. The Balaban J connectivity index is 1.80. The fraction of sp³-hybridized carbons (Fsp3) is 0.208. The van der Waals surface area contributed by atoms with Crippen molar-refractivity contribution >= 4 is 41.1 Å². The molecule has 164 valence electrons. The van der Waals surface area contributed by atoms with Crippen molar-refractivity contribution < 1.29 is 19.1 Å². The van der Waals surface area contributed by atoms with Crippen LogP contribution in [-0.4, -0.2) is 37.0 Å². The molecule has 1 aliphatic heterocycles. The zero-order chi connectivity index (χ0) is 23.3. The second kappa shape index (κ2) is 10.5. The molecule has 0 radical (unpaired) electrons. The van der Waals surface area contributed by atoms with Crippen molar-refractivity contribution in [2.45, 2.75) is 13.5 Å². The van der Waals surface area contributed by atoms with E-state index < -0.39 is 11.8 Å². The Hall–Kier alpha value is -3.11. The van der Waals surface area contributed by atoms with Crippen LogP contribution in [0.5, 0.6) is 5.75 Å². The quantitative estimate of drug-likeness (QED) is 0.428. The van der Waals surface area contributed by atoms with Gasteiger partial charge in [0.1, 0.15) is 24.0 Å². The number of methoxy groups -OCH3 is 1. The highest BCUT2D eigenvalue weighted by molar-refractivity contribution is 6.35. The molecule has 0 atom stereocenters. The van der Waals surface area contributed by atoms with Crippen molar-refractivity contribution in [2.24, 2.45) is 0 Å². The second-order valence-corrected chi connectivity index (χ2v) is 7.86. The van der Waals surface area contributed by atoms with Gasteiger partial charge in [0.25, 0.3) is 11.8 Å². The van der Waals surface area contributed by atoms with Crippen molar-refractivity contribution in [1.82, 2.24) is 4.90 Å². The van der Waals surface area contributed by atoms with E-state index in [0.717, 1.165) is 16.0 Å². The molecule has 0 unspecified atom stereocenters. The van der Waals surface area contributed by atoms with Gasteiger partial charge in [-0.2, -0.15) is 5.26 Å². The van der Waals surface area contributed by atoms with E-state index in [1.807, 2.05) is 6.07 Å². The Morgan fingerprint density at radius 1 is 1.09 bits per heavy atom. The fourth-order valence-electron chi connectivity index (χ4n) is 3.14. The first-order valence-corrected chi connectivity index (χ1v) is 10.5. The van der Waals surface area contributed by atoms with Crippen LogP contribution < -0.4 is 4.74 Å². The first-order valence-electron chi connectivity index (χ1n) is 9.70. The zero-order valence-electron chi connectivity index (χ0n) is 17.5. The summed E-state index contributed by atoms with van der Waals surface area (Å²) in [5.41, 5.74) is 2.13. The molecular weight excluding hydrogens is 451 g/mol. The van der Waals surface area contributed by atoms with Crippen LogP contribution in [0.25, 0.3) is 6.08 Å². The molecule has 2 aromatic carbocycles. The molecule has 1 aliphatic rings. The fourth-order valence-corrected chi connectivity index (χ4v) is 3.61. The molecule has 0 saturated heterocycles. The minimum absolute atomic E-state index is 0.0493. The van der Waals surface area contributed by atoms with E-state index in [4.69, 9.17) is 32.7 Å². The molecule has 0 fully saturated rings. The molecule has 6 nitrogen and oxygen atoms in total. The summed E-state index contributed by atoms with van der Waals surface area (Å²) in [4.78, 5) is 26.4. The van der Waals surface area contributed by atoms with Gasteiger partial charge in [-0.3, -0.25) is 14.5 Å². The number of nitrogens with zero attached hydrogens (tertiary/aromatic N) is 2. The second-order valence-electron chi connectivity index (χ2n) is 7.02. The van der Waals surface area contributed by atoms with Crippen molar-refractivity contribution in [2.75, 3.05) is 20.3 Å². The first kappa shape index (κ1) is 23.6. The van der Waals surface area contributed by atoms with Crippen LogP contribution in [0.4, 0.5) is 0 Å². The molecular formula is C24H20Cl2N2O4. The molecule has 2 aromatic rings. The van der Waals surface area contributed by atoms with Crippen molar-refractivity contribution in [3.8, 4) is 11.8 Å². The van der Waals surface area contributed by atoms with Crippen molar-refractivity contribution in [1.29, 1.82) is 5.26 Å². The molecule has 8 heteroatoms. The standard InChI is InChI=1S/C24H20Cl2N2O4/c1-15-20(23(29)28(9-10-31-2)24(30)21(15)13-27)11-16-3-7-19(8-4-16)32-14-17-5-6-18(25)12-22(17)26/h3-8,11-12H,9-10,14H2,1-2H3/b20-11+. The summed E-state index contributed by atoms with van der Waals surface area (Å²) >= 11 is 12.1. The highest BCUT2D eigenvalue weighted by atomic mass is 35.5. The SMILES string of the molecule is COCCN1C(=O)C(C#N)=C(C)/C(=C\c2ccc(OCc3ccc(Cl)cc3Cl)cc2)C1=O. The maximum Gasteiger partial charge on any atom is 0.271 e. The van der Waals surface area contributed by atoms with Gasteiger partial charge in [-0.25, -0.2) is 0 Å². The predicted octanol–water partition coefficient (Wildman–Crippen LogP) is 4.81. The lowest BCUT2D eigenvalue weighted by Gasteiger charge is -2.27. The van der Waals surface area contributed by atoms with E-state index in [1.54, 1.807) is 55.5 Å². The lowest BCUT2D eigenvalue weighted by atomic mass is 9.93. The number of carbonyl (C=O) groups is 2. The normalized spacial score (nSPS) is 15.3. The summed E-state index contributed by atoms with van der Waals surface area (Å²) < 4.78 is 10.8. The van der Waals surface area contributed by atoms with Crippen LogP contribution in [-0.2, 0) is 20.9 Å². The average molecular weight is 471 g/mol. The number of carbonyl (C=O) groups excluding carboxylic acids is 2. The number of hydrogen-bond donors (Lipinski definition) is 0. The molecule has 0 aliphatic carbocycles. The van der Waals surface area contributed by atoms with Crippen LogP contribution in [0.15, 0.2) is 59.2 Å². The van der Waals surface area contributed by atoms with Crippen LogP contribution in [0.3, 0.4) is 0 Å². The maximum atomic E-state index is 12.9. The van der Waals surface area contributed by atoms with Gasteiger partial charge in [0.2, 0.25) is 0 Å². The van der Waals surface area contributed by atoms with E-state index in [-0.39, 0.29) is 25.3 Å². The summed E-state index contributed by atoms with van der Waals surface area (Å²) in [6.07, 6.45) is 1.65. The van der Waals surface area contributed by atoms with Crippen LogP contribution in [0.1, 0.15) is 18.1 Å². The number of benzene rings is 2. The third-order valence-corrected chi connectivity index (χ3v) is 5.53. The van der Waals surface area contributed by atoms with Gasteiger partial charge in [-0.1, -0.05) is 41.4 Å². The summed E-state index contributed by atoms with van der Waals surface area (Å²) in [5, 5.41) is 10.5. The topological polar surface area (TPSA) is 79.6 Å². The minimum Gasteiger partial charge on any atom is -0.489 e. The van der Waals surface area contributed by atoms with Crippen LogP contribution >= 0.6 is 23.2 Å². The Morgan fingerprint density at radius 2 is 1.81 bits per heavy atom. The number of nitriles is 1. The van der Waals surface area contributed by atoms with E-state index in [1.165, 1.54) is 7.11 Å². The number of ether oxygens (including phenoxy) is 2. The molecule has 0 bridgehead atoms. The molecule has 0 saturated carbocycles. The van der Waals surface area contributed by atoms with Crippen molar-refractivity contribution in [3.05, 3.63) is 80.4 Å². The Kier molecular flexibility index (Phi) is 7.70. The summed E-state index contributed by atoms with van der Waals surface area (Å²) in [6.45, 7) is 2.14. The Morgan fingerprint density at radius 3 is 2.44 bits per heavy atom. The molecule has 2 amide bonds. The number of hydrogen-bond acceptors (Lipinski definition) is 5. The van der Waals surface area contributed by atoms with E-state index in [0.29, 0.717) is 26.9 Å². The van der Waals surface area contributed by atoms with Crippen molar-refractivity contribution in [3.63, 3.8) is 0 Å². The highest BCUT2D eigenvalue weighted by Gasteiger charge is 2.35. The number of imide groups is 1. The van der Waals surface area contributed by atoms with Gasteiger partial charge in [0.05, 0.1) is 13.2 Å². The van der Waals surface area contributed by atoms with Crippen LogP contribution in [0.2, 0.25) is 10.0 Å². The first-order chi connectivity index (χ1) is 15.3. The largest absolute Gasteiger partial charge is 0.489 e. The van der Waals surface area contributed by atoms with Gasteiger partial charge in [0.15, 0.2) is 0 Å². The highest BCUT2D eigenvalue weighted by Crippen LogP contribution is 2.28. The van der Waals surface area contributed by atoms with Gasteiger partial charge >= 0.3 is 0 Å². The maximum absolute atomic E-state index is 12.9. The van der Waals surface area contributed by atoms with Gasteiger partial charge in [0, 0.05) is 28.3 Å². The third-order valence-electron chi connectivity index (χ3n) is 4.94. The molecule has 0 spiro atoms. The lowest BCUT2D eigenvalue weighted by Crippen LogP contribution is -2.44. The molecule has 0 N–H and O–H groups in total. The Bertz CT molecular complexity index is 1150. The van der Waals surface area contributed by atoms with Gasteiger partial charge in [-0.05, 0) is 48.4 Å². The molecule has 32 heavy (non-hydrogen) atoms. The van der Waals surface area contributed by atoms with Gasteiger partial charge in [-0.15, -0.1) is 0 Å². The smallest absolute Gasteiger partial charge is 0.271 e. The van der Waals surface area contributed by atoms with E-state index >= 15 is 0 Å². The minimum atomic E-state index is -0.603. The van der Waals surface area contributed by atoms with Gasteiger partial charge < -0.3 is 9.47 Å².